The molecule has 1 unspecified atom stereocenters. The van der Waals surface area contributed by atoms with E-state index in [9.17, 15) is 19.7 Å². The number of nitrogens with one attached hydrogen (secondary N) is 1. The lowest BCUT2D eigenvalue weighted by Crippen LogP contribution is -2.31. The summed E-state index contributed by atoms with van der Waals surface area (Å²) in [4.78, 5) is 35.2. The van der Waals surface area contributed by atoms with Crippen molar-refractivity contribution in [3.63, 3.8) is 0 Å². The molecule has 0 fully saturated rings. The Morgan fingerprint density at radius 1 is 1.15 bits per heavy atom. The van der Waals surface area contributed by atoms with Crippen molar-refractivity contribution in [2.24, 2.45) is 0 Å². The van der Waals surface area contributed by atoms with Crippen LogP contribution in [0.5, 0.6) is 11.5 Å². The summed E-state index contributed by atoms with van der Waals surface area (Å²) in [6, 6.07) is 12.6. The molecule has 2 aromatic carbocycles. The number of nitro groups is 1. The molecule has 0 aliphatic carbocycles. The molecule has 0 spiro atoms. The Bertz CT molecular complexity index is 1170. The quantitative estimate of drug-likeness (QED) is 0.272. The Hall–Kier alpha value is -4.41. The largest absolute Gasteiger partial charge is 0.496 e. The molecule has 34 heavy (non-hydrogen) atoms. The minimum absolute atomic E-state index is 0.0388. The van der Waals surface area contributed by atoms with E-state index >= 15 is 0 Å². The predicted octanol–water partition coefficient (Wildman–Crippen LogP) is 3.22. The first-order valence-electron chi connectivity index (χ1n) is 10.4. The molecule has 11 heteroatoms. The average Bonchev–Trinajstić information content (AvgIpc) is 3.27. The van der Waals surface area contributed by atoms with E-state index in [-0.39, 0.29) is 36.4 Å². The second-order valence-electron chi connectivity index (χ2n) is 7.10. The van der Waals surface area contributed by atoms with Gasteiger partial charge >= 0.3 is 5.97 Å². The smallest absolute Gasteiger partial charge is 0.362 e. The molecule has 1 heterocycles. The molecule has 178 valence electrons. The number of carbonyl (C=O) groups is 2. The zero-order chi connectivity index (χ0) is 24.7. The Balaban J connectivity index is 1.75. The van der Waals surface area contributed by atoms with Gasteiger partial charge in [-0.15, -0.1) is 0 Å². The monoisotopic (exact) mass is 468 g/mol. The fourth-order valence-corrected chi connectivity index (χ4v) is 3.19. The zero-order valence-electron chi connectivity index (χ0n) is 18.9. The third-order valence-corrected chi connectivity index (χ3v) is 4.82. The van der Waals surface area contributed by atoms with Crippen molar-refractivity contribution >= 4 is 17.6 Å². The summed E-state index contributed by atoms with van der Waals surface area (Å²) in [6.45, 7) is 3.21. The van der Waals surface area contributed by atoms with Crippen LogP contribution in [0.4, 0.5) is 5.69 Å². The van der Waals surface area contributed by atoms with Crippen molar-refractivity contribution in [3.05, 3.63) is 76.1 Å². The lowest BCUT2D eigenvalue weighted by atomic mass is 10.1. The number of rotatable bonds is 10. The molecule has 1 aromatic heterocycles. The number of para-hydroxylation sites is 1. The Morgan fingerprint density at radius 2 is 1.85 bits per heavy atom. The van der Waals surface area contributed by atoms with Gasteiger partial charge in [-0.1, -0.05) is 18.2 Å². The summed E-state index contributed by atoms with van der Waals surface area (Å²) in [5, 5.41) is 17.9. The van der Waals surface area contributed by atoms with Crippen LogP contribution in [-0.4, -0.2) is 46.9 Å². The van der Waals surface area contributed by atoms with E-state index in [1.165, 1.54) is 35.1 Å². The van der Waals surface area contributed by atoms with Crippen LogP contribution in [0.2, 0.25) is 0 Å². The first-order chi connectivity index (χ1) is 16.3. The number of non-ortho nitro benzene ring substituents is 1. The van der Waals surface area contributed by atoms with Gasteiger partial charge in [-0.2, -0.15) is 5.10 Å². The normalized spacial score (nSPS) is 11.4. The molecule has 0 aliphatic rings. The molecule has 11 nitrogen and oxygen atoms in total. The van der Waals surface area contributed by atoms with Crippen LogP contribution in [0.3, 0.4) is 0 Å². The van der Waals surface area contributed by atoms with Crippen LogP contribution in [0.25, 0.3) is 5.69 Å². The number of nitro benzene ring substituents is 1. The highest BCUT2D eigenvalue weighted by molar-refractivity contribution is 5.90. The van der Waals surface area contributed by atoms with E-state index in [1.54, 1.807) is 20.1 Å². The van der Waals surface area contributed by atoms with Gasteiger partial charge in [0.05, 0.1) is 36.6 Å². The number of carbonyl (C=O) groups excluding carboxylic acids is 2. The molecule has 3 aromatic rings. The Kier molecular flexibility index (Phi) is 7.80. The molecule has 0 saturated heterocycles. The standard InChI is InChI=1S/C23H24N4O7/c1-4-33-23(29)22-20(13-26(25-22)16-9-11-17(12-10-16)27(30)31)34-14-21(28)24-15(2)18-7-5-6-8-19(18)32-3/h5-13,15H,4,14H2,1-3H3,(H,24,28). The van der Waals surface area contributed by atoms with Crippen LogP contribution in [0.15, 0.2) is 54.7 Å². The molecular weight excluding hydrogens is 444 g/mol. The van der Waals surface area contributed by atoms with E-state index < -0.39 is 16.8 Å². The van der Waals surface area contributed by atoms with Crippen LogP contribution in [0.1, 0.15) is 35.9 Å². The van der Waals surface area contributed by atoms with E-state index in [0.717, 1.165) is 5.56 Å². The number of benzene rings is 2. The molecular formula is C23H24N4O7. The van der Waals surface area contributed by atoms with E-state index in [0.29, 0.717) is 11.4 Å². The number of hydrogen-bond donors (Lipinski definition) is 1. The Morgan fingerprint density at radius 3 is 2.50 bits per heavy atom. The molecule has 1 atom stereocenters. The summed E-state index contributed by atoms with van der Waals surface area (Å²) >= 11 is 0. The fraction of sp³-hybridized carbons (Fsp3) is 0.261. The summed E-state index contributed by atoms with van der Waals surface area (Å²) in [7, 11) is 1.55. The number of esters is 1. The number of methoxy groups -OCH3 is 1. The van der Waals surface area contributed by atoms with Crippen LogP contribution in [0, 0.1) is 10.1 Å². The fourth-order valence-electron chi connectivity index (χ4n) is 3.19. The first-order valence-corrected chi connectivity index (χ1v) is 10.4. The molecule has 3 rings (SSSR count). The third-order valence-electron chi connectivity index (χ3n) is 4.82. The summed E-state index contributed by atoms with van der Waals surface area (Å²) in [6.07, 6.45) is 1.41. The van der Waals surface area contributed by atoms with Gasteiger partial charge in [-0.25, -0.2) is 9.48 Å². The van der Waals surface area contributed by atoms with Gasteiger partial charge in [-0.3, -0.25) is 14.9 Å². The second-order valence-corrected chi connectivity index (χ2v) is 7.10. The minimum atomic E-state index is -0.721. The highest BCUT2D eigenvalue weighted by atomic mass is 16.6. The van der Waals surface area contributed by atoms with Crippen molar-refractivity contribution in [1.82, 2.24) is 15.1 Å². The van der Waals surface area contributed by atoms with Crippen molar-refractivity contribution in [2.45, 2.75) is 19.9 Å². The SMILES string of the molecule is CCOC(=O)c1nn(-c2ccc([N+](=O)[O-])cc2)cc1OCC(=O)NC(C)c1ccccc1OC. The van der Waals surface area contributed by atoms with Gasteiger partial charge in [0.2, 0.25) is 5.69 Å². The number of aromatic nitrogens is 2. The zero-order valence-corrected chi connectivity index (χ0v) is 18.9. The predicted molar refractivity (Wildman–Crippen MR) is 121 cm³/mol. The number of hydrogen-bond acceptors (Lipinski definition) is 8. The van der Waals surface area contributed by atoms with E-state index in [2.05, 4.69) is 10.4 Å². The van der Waals surface area contributed by atoms with Gasteiger partial charge in [0.1, 0.15) is 5.75 Å². The van der Waals surface area contributed by atoms with E-state index in [4.69, 9.17) is 14.2 Å². The molecule has 0 bridgehead atoms. The highest BCUT2D eigenvalue weighted by Crippen LogP contribution is 2.25. The molecule has 1 N–H and O–H groups in total. The molecule has 0 saturated carbocycles. The topological polar surface area (TPSA) is 135 Å². The summed E-state index contributed by atoms with van der Waals surface area (Å²) in [5.41, 5.74) is 1.06. The van der Waals surface area contributed by atoms with E-state index in [1.807, 2.05) is 25.1 Å². The van der Waals surface area contributed by atoms with Gasteiger partial charge in [-0.05, 0) is 32.0 Å². The highest BCUT2D eigenvalue weighted by Gasteiger charge is 2.22. The lowest BCUT2D eigenvalue weighted by molar-refractivity contribution is -0.384. The maximum Gasteiger partial charge on any atom is 0.362 e. The van der Waals surface area contributed by atoms with Gasteiger partial charge in [0.25, 0.3) is 11.6 Å². The van der Waals surface area contributed by atoms with Crippen molar-refractivity contribution in [3.8, 4) is 17.2 Å². The summed E-state index contributed by atoms with van der Waals surface area (Å²) < 4.78 is 17.3. The molecule has 1 amide bonds. The average molecular weight is 468 g/mol. The van der Waals surface area contributed by atoms with Crippen LogP contribution >= 0.6 is 0 Å². The molecule has 0 aliphatic heterocycles. The van der Waals surface area contributed by atoms with Crippen LogP contribution in [-0.2, 0) is 9.53 Å². The number of amides is 1. The lowest BCUT2D eigenvalue weighted by Gasteiger charge is -2.17. The van der Waals surface area contributed by atoms with Crippen molar-refractivity contribution in [1.29, 1.82) is 0 Å². The molecule has 0 radical (unpaired) electrons. The van der Waals surface area contributed by atoms with Gasteiger partial charge in [0, 0.05) is 17.7 Å². The minimum Gasteiger partial charge on any atom is -0.496 e. The number of ether oxygens (including phenoxy) is 3. The van der Waals surface area contributed by atoms with Gasteiger partial charge in [0.15, 0.2) is 12.4 Å². The Labute approximate surface area is 195 Å². The summed E-state index contributed by atoms with van der Waals surface area (Å²) in [5.74, 6) is -0.459. The second kappa shape index (κ2) is 10.9. The maximum atomic E-state index is 12.5. The van der Waals surface area contributed by atoms with Crippen LogP contribution < -0.4 is 14.8 Å². The van der Waals surface area contributed by atoms with Gasteiger partial charge < -0.3 is 19.5 Å². The maximum absolute atomic E-state index is 12.5. The number of nitrogens with zero attached hydrogens (tertiary/aromatic N) is 3. The van der Waals surface area contributed by atoms with Crippen molar-refractivity contribution < 1.29 is 28.7 Å². The first kappa shape index (κ1) is 24.2. The third kappa shape index (κ3) is 5.68. The van der Waals surface area contributed by atoms with Crippen molar-refractivity contribution in [2.75, 3.05) is 20.3 Å².